The zero-order valence-corrected chi connectivity index (χ0v) is 17.4. The van der Waals surface area contributed by atoms with Crippen LogP contribution < -0.4 is 10.6 Å². The molecule has 138 valence electrons. The van der Waals surface area contributed by atoms with Crippen LogP contribution >= 0.6 is 24.0 Å². The zero-order chi connectivity index (χ0) is 17.2. The summed E-state index contributed by atoms with van der Waals surface area (Å²) in [5.41, 5.74) is 0.688. The fourth-order valence-corrected chi connectivity index (χ4v) is 2.02. The van der Waals surface area contributed by atoms with Crippen molar-refractivity contribution in [1.82, 2.24) is 25.8 Å². The van der Waals surface area contributed by atoms with Crippen LogP contribution in [-0.2, 0) is 6.42 Å². The molecule has 2 N–H and O–H groups in total. The first-order chi connectivity index (χ1) is 11.7. The quantitative estimate of drug-likeness (QED) is 0.360. The largest absolute Gasteiger partial charge is 0.357 e. The van der Waals surface area contributed by atoms with E-state index in [2.05, 4.69) is 51.5 Å². The normalized spacial score (nSPS) is 11.3. The minimum atomic E-state index is 0. The number of rotatable bonds is 8. The van der Waals surface area contributed by atoms with Gasteiger partial charge in [-0.1, -0.05) is 25.1 Å². The Morgan fingerprint density at radius 2 is 2.12 bits per heavy atom. The summed E-state index contributed by atoms with van der Waals surface area (Å²) in [4.78, 5) is 13.1. The minimum Gasteiger partial charge on any atom is -0.357 e. The number of guanidine groups is 1. The highest BCUT2D eigenvalue weighted by atomic mass is 127. The number of nitrogens with one attached hydrogen (secondary N) is 2. The van der Waals surface area contributed by atoms with Crippen LogP contribution in [0.5, 0.6) is 0 Å². The highest BCUT2D eigenvalue weighted by Gasteiger charge is 2.09. The van der Waals surface area contributed by atoms with Gasteiger partial charge >= 0.3 is 0 Å². The second-order valence-electron chi connectivity index (χ2n) is 5.85. The van der Waals surface area contributed by atoms with Crippen molar-refractivity contribution in [2.75, 3.05) is 19.6 Å². The van der Waals surface area contributed by atoms with Crippen LogP contribution in [0.1, 0.15) is 33.0 Å². The Labute approximate surface area is 166 Å². The van der Waals surface area contributed by atoms with Gasteiger partial charge in [0.25, 0.3) is 5.89 Å². The van der Waals surface area contributed by atoms with Crippen molar-refractivity contribution >= 4 is 29.9 Å². The molecular formula is C17H27IN6O. The SMILES string of the molecule is CCNC(=NCCC(C)C)NCCc1noc(-c2ccccn2)n1.I. The average Bonchev–Trinajstić information content (AvgIpc) is 3.04. The monoisotopic (exact) mass is 458 g/mol. The predicted octanol–water partition coefficient (Wildman–Crippen LogP) is 2.89. The first-order valence-electron chi connectivity index (χ1n) is 8.45. The van der Waals surface area contributed by atoms with E-state index in [9.17, 15) is 0 Å². The number of hydrogen-bond donors (Lipinski definition) is 2. The van der Waals surface area contributed by atoms with Gasteiger partial charge in [-0.05, 0) is 31.4 Å². The molecule has 8 heteroatoms. The highest BCUT2D eigenvalue weighted by molar-refractivity contribution is 14.0. The second-order valence-corrected chi connectivity index (χ2v) is 5.85. The maximum absolute atomic E-state index is 5.25. The molecule has 0 amide bonds. The van der Waals surface area contributed by atoms with E-state index >= 15 is 0 Å². The van der Waals surface area contributed by atoms with Crippen molar-refractivity contribution < 1.29 is 4.52 Å². The second kappa shape index (κ2) is 11.8. The Hall–Kier alpha value is -1.71. The lowest BCUT2D eigenvalue weighted by Crippen LogP contribution is -2.38. The summed E-state index contributed by atoms with van der Waals surface area (Å²) in [5.74, 6) is 2.58. The van der Waals surface area contributed by atoms with E-state index < -0.39 is 0 Å². The molecule has 0 aliphatic carbocycles. The van der Waals surface area contributed by atoms with Crippen molar-refractivity contribution in [3.63, 3.8) is 0 Å². The highest BCUT2D eigenvalue weighted by Crippen LogP contribution is 2.13. The van der Waals surface area contributed by atoms with Crippen molar-refractivity contribution in [2.24, 2.45) is 10.9 Å². The van der Waals surface area contributed by atoms with Crippen molar-refractivity contribution in [3.05, 3.63) is 30.2 Å². The van der Waals surface area contributed by atoms with Gasteiger partial charge < -0.3 is 15.2 Å². The molecule has 25 heavy (non-hydrogen) atoms. The summed E-state index contributed by atoms with van der Waals surface area (Å²) in [5, 5.41) is 10.5. The zero-order valence-electron chi connectivity index (χ0n) is 15.0. The van der Waals surface area contributed by atoms with E-state index in [-0.39, 0.29) is 24.0 Å². The summed E-state index contributed by atoms with van der Waals surface area (Å²) in [6, 6.07) is 5.59. The lowest BCUT2D eigenvalue weighted by molar-refractivity contribution is 0.421. The molecule has 0 radical (unpaired) electrons. The topological polar surface area (TPSA) is 88.2 Å². The maximum Gasteiger partial charge on any atom is 0.276 e. The van der Waals surface area contributed by atoms with Crippen LogP contribution in [0.4, 0.5) is 0 Å². The molecule has 0 saturated heterocycles. The van der Waals surface area contributed by atoms with Crippen LogP contribution in [0.2, 0.25) is 0 Å². The molecule has 7 nitrogen and oxygen atoms in total. The molecule has 0 aliphatic heterocycles. The smallest absolute Gasteiger partial charge is 0.276 e. The summed E-state index contributed by atoms with van der Waals surface area (Å²) < 4.78 is 5.25. The molecule has 0 saturated carbocycles. The molecule has 0 aliphatic rings. The first-order valence-corrected chi connectivity index (χ1v) is 8.45. The number of halogens is 1. The van der Waals surface area contributed by atoms with Crippen LogP contribution in [0.15, 0.2) is 33.9 Å². The van der Waals surface area contributed by atoms with Gasteiger partial charge in [-0.15, -0.1) is 24.0 Å². The van der Waals surface area contributed by atoms with Crippen LogP contribution in [0.3, 0.4) is 0 Å². The van der Waals surface area contributed by atoms with Gasteiger partial charge in [-0.3, -0.25) is 9.98 Å². The molecule has 0 unspecified atom stereocenters. The summed E-state index contributed by atoms with van der Waals surface area (Å²) in [6.07, 6.45) is 3.44. The fraction of sp³-hybridized carbons (Fsp3) is 0.529. The van der Waals surface area contributed by atoms with Gasteiger partial charge in [-0.2, -0.15) is 4.98 Å². The number of pyridine rings is 1. The van der Waals surface area contributed by atoms with Crippen molar-refractivity contribution in [1.29, 1.82) is 0 Å². The summed E-state index contributed by atoms with van der Waals surface area (Å²) in [7, 11) is 0. The summed E-state index contributed by atoms with van der Waals surface area (Å²) >= 11 is 0. The molecule has 2 rings (SSSR count). The van der Waals surface area contributed by atoms with Gasteiger partial charge in [0, 0.05) is 32.3 Å². The lowest BCUT2D eigenvalue weighted by atomic mass is 10.1. The molecule has 0 spiro atoms. The van der Waals surface area contributed by atoms with Crippen LogP contribution in [0.25, 0.3) is 11.6 Å². The number of aliphatic imine (C=N–C) groups is 1. The van der Waals surface area contributed by atoms with Gasteiger partial charge in [-0.25, -0.2) is 0 Å². The van der Waals surface area contributed by atoms with Crippen molar-refractivity contribution in [2.45, 2.75) is 33.6 Å². The standard InChI is InChI=1S/C17H26N6O.HI/c1-4-18-17(20-11-8-13(2)3)21-12-9-15-22-16(24-23-15)14-7-5-6-10-19-14;/h5-7,10,13H,4,8-9,11-12H2,1-3H3,(H2,18,20,21);1H. The van der Waals surface area contributed by atoms with Gasteiger partial charge in [0.05, 0.1) is 0 Å². The Balaban J connectivity index is 0.00000312. The molecule has 0 bridgehead atoms. The van der Waals surface area contributed by atoms with Crippen LogP contribution in [0, 0.1) is 5.92 Å². The summed E-state index contributed by atoms with van der Waals surface area (Å²) in [6.45, 7) is 8.79. The molecular weight excluding hydrogens is 431 g/mol. The Kier molecular flexibility index (Phi) is 10.0. The number of nitrogens with zero attached hydrogens (tertiary/aromatic N) is 4. The van der Waals surface area contributed by atoms with E-state index in [1.54, 1.807) is 6.20 Å². The molecule has 2 aromatic heterocycles. The maximum atomic E-state index is 5.25. The van der Waals surface area contributed by atoms with Gasteiger partial charge in [0.2, 0.25) is 0 Å². The minimum absolute atomic E-state index is 0. The third-order valence-corrected chi connectivity index (χ3v) is 3.31. The predicted molar refractivity (Wildman–Crippen MR) is 110 cm³/mol. The van der Waals surface area contributed by atoms with E-state index in [4.69, 9.17) is 4.52 Å². The molecule has 0 aromatic carbocycles. The Morgan fingerprint density at radius 1 is 1.28 bits per heavy atom. The van der Waals surface area contributed by atoms with Crippen LogP contribution in [-0.4, -0.2) is 40.7 Å². The van der Waals surface area contributed by atoms with Crippen molar-refractivity contribution in [3.8, 4) is 11.6 Å². The fourth-order valence-electron chi connectivity index (χ4n) is 2.02. The number of aromatic nitrogens is 3. The van der Waals surface area contributed by atoms with E-state index in [0.29, 0.717) is 36.3 Å². The molecule has 2 heterocycles. The van der Waals surface area contributed by atoms with E-state index in [1.807, 2.05) is 18.2 Å². The Bertz CT molecular complexity index is 629. The van der Waals surface area contributed by atoms with E-state index in [1.165, 1.54) is 0 Å². The average molecular weight is 458 g/mol. The lowest BCUT2D eigenvalue weighted by Gasteiger charge is -2.10. The molecule has 2 aromatic rings. The van der Waals surface area contributed by atoms with Gasteiger partial charge in [0.15, 0.2) is 11.8 Å². The molecule has 0 atom stereocenters. The molecule has 0 fully saturated rings. The Morgan fingerprint density at radius 3 is 2.80 bits per heavy atom. The van der Waals surface area contributed by atoms with Gasteiger partial charge in [0.1, 0.15) is 5.69 Å². The third kappa shape index (κ3) is 7.80. The van der Waals surface area contributed by atoms with E-state index in [0.717, 1.165) is 25.5 Å². The first kappa shape index (κ1) is 21.3. The third-order valence-electron chi connectivity index (χ3n) is 3.31. The number of hydrogen-bond acceptors (Lipinski definition) is 5.